The molecule has 1 aromatic heterocycles. The third kappa shape index (κ3) is 3.20. The Kier molecular flexibility index (Phi) is 4.05. The van der Waals surface area contributed by atoms with Gasteiger partial charge in [-0.1, -0.05) is 22.9 Å². The highest BCUT2D eigenvalue weighted by molar-refractivity contribution is 7.98. The molecule has 2 atom stereocenters. The van der Waals surface area contributed by atoms with Crippen molar-refractivity contribution in [3.05, 3.63) is 41.5 Å². The minimum atomic E-state index is -0.322. The van der Waals surface area contributed by atoms with Crippen molar-refractivity contribution in [3.63, 3.8) is 0 Å². The lowest BCUT2D eigenvalue weighted by atomic mass is 10.2. The van der Waals surface area contributed by atoms with E-state index in [0.717, 1.165) is 0 Å². The van der Waals surface area contributed by atoms with Crippen LogP contribution in [0.4, 0.5) is 0 Å². The zero-order valence-corrected chi connectivity index (χ0v) is 12.1. The maximum Gasteiger partial charge on any atom is 0.243 e. The number of β-amino-alcohol motifs (C(OH)–C–C–N with tert-alkyl or cyclic N) is 1. The summed E-state index contributed by atoms with van der Waals surface area (Å²) in [6.45, 7) is 2.66. The van der Waals surface area contributed by atoms with Crippen molar-refractivity contribution < 1.29 is 9.63 Å². The van der Waals surface area contributed by atoms with E-state index >= 15 is 0 Å². The Morgan fingerprint density at radius 1 is 1.40 bits per heavy atom. The fourth-order valence-corrected chi connectivity index (χ4v) is 2.90. The van der Waals surface area contributed by atoms with Gasteiger partial charge in [0.2, 0.25) is 5.89 Å². The number of aliphatic hydroxyl groups excluding tert-OH is 1. The molecular formula is C14H17N3O2S. The van der Waals surface area contributed by atoms with Crippen LogP contribution in [-0.4, -0.2) is 27.9 Å². The van der Waals surface area contributed by atoms with E-state index in [9.17, 15) is 5.11 Å². The first kappa shape index (κ1) is 13.6. The number of hydrogen-bond acceptors (Lipinski definition) is 6. The van der Waals surface area contributed by atoms with Gasteiger partial charge in [-0.15, -0.1) is 11.8 Å². The first-order chi connectivity index (χ1) is 9.70. The van der Waals surface area contributed by atoms with Crippen LogP contribution >= 0.6 is 11.8 Å². The summed E-state index contributed by atoms with van der Waals surface area (Å²) in [6.07, 6.45) is 0.310. The van der Waals surface area contributed by atoms with Crippen molar-refractivity contribution in [2.75, 3.05) is 6.54 Å². The molecule has 2 N–H and O–H groups in total. The van der Waals surface area contributed by atoms with Gasteiger partial charge in [-0.2, -0.15) is 4.98 Å². The second-order valence-electron chi connectivity index (χ2n) is 5.00. The highest BCUT2D eigenvalue weighted by Crippen LogP contribution is 2.25. The molecule has 2 aromatic rings. The summed E-state index contributed by atoms with van der Waals surface area (Å²) >= 11 is 1.68. The average molecular weight is 291 g/mol. The number of rotatable bonds is 4. The monoisotopic (exact) mass is 291 g/mol. The molecule has 0 amide bonds. The molecule has 106 valence electrons. The molecule has 1 fully saturated rings. The van der Waals surface area contributed by atoms with Gasteiger partial charge in [-0.25, -0.2) is 0 Å². The normalized spacial score (nSPS) is 22.3. The number of thioether (sulfide) groups is 1. The molecule has 0 radical (unpaired) electrons. The molecule has 0 aliphatic carbocycles. The molecule has 1 aliphatic heterocycles. The van der Waals surface area contributed by atoms with Crippen LogP contribution in [0.1, 0.15) is 29.7 Å². The molecule has 3 rings (SSSR count). The third-order valence-corrected chi connectivity index (χ3v) is 4.29. The molecule has 2 heterocycles. The number of hydrogen-bond donors (Lipinski definition) is 2. The minimum Gasteiger partial charge on any atom is -0.392 e. The van der Waals surface area contributed by atoms with Crippen LogP contribution in [-0.2, 0) is 5.75 Å². The second-order valence-corrected chi connectivity index (χ2v) is 6.05. The Morgan fingerprint density at radius 2 is 2.20 bits per heavy atom. The van der Waals surface area contributed by atoms with Crippen molar-refractivity contribution in [1.82, 2.24) is 15.5 Å². The summed E-state index contributed by atoms with van der Waals surface area (Å²) in [6, 6.07) is 8.35. The van der Waals surface area contributed by atoms with E-state index in [2.05, 4.69) is 46.6 Å². The highest BCUT2D eigenvalue weighted by Gasteiger charge is 2.27. The summed E-state index contributed by atoms with van der Waals surface area (Å²) in [5.41, 5.74) is 1.25. The first-order valence-corrected chi connectivity index (χ1v) is 7.62. The lowest BCUT2D eigenvalue weighted by Gasteiger charge is -2.01. The molecule has 0 bridgehead atoms. The fourth-order valence-electron chi connectivity index (χ4n) is 2.16. The van der Waals surface area contributed by atoms with E-state index in [4.69, 9.17) is 4.52 Å². The van der Waals surface area contributed by atoms with Gasteiger partial charge in [-0.05, 0) is 25.5 Å². The van der Waals surface area contributed by atoms with E-state index in [1.54, 1.807) is 11.8 Å². The average Bonchev–Trinajstić information content (AvgIpc) is 3.07. The van der Waals surface area contributed by atoms with Gasteiger partial charge in [0.25, 0.3) is 0 Å². The Labute approximate surface area is 121 Å². The van der Waals surface area contributed by atoms with Gasteiger partial charge in [0, 0.05) is 11.4 Å². The smallest absolute Gasteiger partial charge is 0.243 e. The van der Waals surface area contributed by atoms with Gasteiger partial charge in [0.1, 0.15) is 0 Å². The Hall–Kier alpha value is -1.37. The molecule has 5 nitrogen and oxygen atoms in total. The van der Waals surface area contributed by atoms with E-state index in [1.165, 1.54) is 10.5 Å². The minimum absolute atomic E-state index is 0.0179. The topological polar surface area (TPSA) is 71.2 Å². The van der Waals surface area contributed by atoms with Gasteiger partial charge in [-0.3, -0.25) is 0 Å². The summed E-state index contributed by atoms with van der Waals surface area (Å²) < 4.78 is 5.26. The summed E-state index contributed by atoms with van der Waals surface area (Å²) in [5, 5.41) is 16.6. The van der Waals surface area contributed by atoms with Crippen LogP contribution in [0, 0.1) is 6.92 Å². The summed E-state index contributed by atoms with van der Waals surface area (Å²) in [5.74, 6) is 1.94. The van der Waals surface area contributed by atoms with Gasteiger partial charge >= 0.3 is 0 Å². The molecule has 1 aliphatic rings. The summed E-state index contributed by atoms with van der Waals surface area (Å²) in [4.78, 5) is 5.58. The number of aromatic nitrogens is 2. The molecule has 1 aromatic carbocycles. The van der Waals surface area contributed by atoms with Gasteiger partial charge in [0.15, 0.2) is 5.82 Å². The zero-order valence-electron chi connectivity index (χ0n) is 11.2. The van der Waals surface area contributed by atoms with Crippen molar-refractivity contribution in [1.29, 1.82) is 0 Å². The SMILES string of the molecule is Cc1ccc(SCc2noc([C@H]3C[C@@H](O)CN3)n2)cc1. The van der Waals surface area contributed by atoms with Crippen LogP contribution < -0.4 is 5.32 Å². The maximum atomic E-state index is 9.49. The molecule has 20 heavy (non-hydrogen) atoms. The number of aliphatic hydroxyl groups is 1. The number of nitrogens with one attached hydrogen (secondary N) is 1. The van der Waals surface area contributed by atoms with Crippen molar-refractivity contribution in [3.8, 4) is 0 Å². The third-order valence-electron chi connectivity index (χ3n) is 3.28. The fraction of sp³-hybridized carbons (Fsp3) is 0.429. The van der Waals surface area contributed by atoms with E-state index in [-0.39, 0.29) is 12.1 Å². The summed E-state index contributed by atoms with van der Waals surface area (Å²) in [7, 11) is 0. The quantitative estimate of drug-likeness (QED) is 0.840. The van der Waals surface area contributed by atoms with E-state index in [0.29, 0.717) is 30.4 Å². The van der Waals surface area contributed by atoms with Crippen LogP contribution in [0.2, 0.25) is 0 Å². The maximum absolute atomic E-state index is 9.49. The molecular weight excluding hydrogens is 274 g/mol. The van der Waals surface area contributed by atoms with Crippen molar-refractivity contribution in [2.24, 2.45) is 0 Å². The highest BCUT2D eigenvalue weighted by atomic mass is 32.2. The number of benzene rings is 1. The first-order valence-electron chi connectivity index (χ1n) is 6.64. The number of aryl methyl sites for hydroxylation is 1. The van der Waals surface area contributed by atoms with Crippen LogP contribution in [0.25, 0.3) is 0 Å². The van der Waals surface area contributed by atoms with Gasteiger partial charge < -0.3 is 14.9 Å². The lowest BCUT2D eigenvalue weighted by molar-refractivity contribution is 0.191. The standard InChI is InChI=1S/C14H17N3O2S/c1-9-2-4-11(5-3-9)20-8-13-16-14(19-17-13)12-6-10(18)7-15-12/h2-5,10,12,15,18H,6-8H2,1H3/t10-,12-/m1/s1. The Balaban J connectivity index is 1.58. The largest absolute Gasteiger partial charge is 0.392 e. The Morgan fingerprint density at radius 3 is 2.90 bits per heavy atom. The zero-order chi connectivity index (χ0) is 13.9. The second kappa shape index (κ2) is 5.95. The lowest BCUT2D eigenvalue weighted by Crippen LogP contribution is -2.15. The van der Waals surface area contributed by atoms with Crippen LogP contribution in [0.15, 0.2) is 33.7 Å². The van der Waals surface area contributed by atoms with Crippen LogP contribution in [0.3, 0.4) is 0 Å². The van der Waals surface area contributed by atoms with Crippen molar-refractivity contribution >= 4 is 11.8 Å². The molecule has 1 saturated heterocycles. The van der Waals surface area contributed by atoms with Crippen LogP contribution in [0.5, 0.6) is 0 Å². The number of nitrogens with zero attached hydrogens (tertiary/aromatic N) is 2. The molecule has 0 unspecified atom stereocenters. The van der Waals surface area contributed by atoms with Crippen molar-refractivity contribution in [2.45, 2.75) is 36.1 Å². The van der Waals surface area contributed by atoms with E-state index < -0.39 is 0 Å². The van der Waals surface area contributed by atoms with Gasteiger partial charge in [0.05, 0.1) is 17.9 Å². The molecule has 6 heteroatoms. The van der Waals surface area contributed by atoms with E-state index in [1.807, 2.05) is 0 Å². The molecule has 0 spiro atoms. The Bertz CT molecular complexity index is 570. The molecule has 0 saturated carbocycles. The predicted molar refractivity (Wildman–Crippen MR) is 76.4 cm³/mol. The predicted octanol–water partition coefficient (Wildman–Crippen LogP) is 2.07.